The van der Waals surface area contributed by atoms with Gasteiger partial charge in [-0.2, -0.15) is 11.3 Å². The summed E-state index contributed by atoms with van der Waals surface area (Å²) in [6, 6.07) is 3.61. The van der Waals surface area contributed by atoms with E-state index in [2.05, 4.69) is 4.98 Å². The van der Waals surface area contributed by atoms with Crippen LogP contribution in [0.15, 0.2) is 35.3 Å². The number of hydrogen-bond donors (Lipinski definition) is 1. The van der Waals surface area contributed by atoms with Gasteiger partial charge in [-0.05, 0) is 28.5 Å². The molecule has 2 nitrogen and oxygen atoms in total. The maximum atomic E-state index is 9.96. The molecule has 14 heavy (non-hydrogen) atoms. The lowest BCUT2D eigenvalue weighted by atomic mass is 10.1. The quantitative estimate of drug-likeness (QED) is 0.853. The zero-order valence-corrected chi connectivity index (χ0v) is 8.79. The van der Waals surface area contributed by atoms with Crippen LogP contribution in [0.3, 0.4) is 0 Å². The normalized spacial score (nSPS) is 12.7. The number of nitrogens with zero attached hydrogens (tertiary/aromatic N) is 1. The van der Waals surface area contributed by atoms with Crippen molar-refractivity contribution in [1.82, 2.24) is 4.98 Å². The summed E-state index contributed by atoms with van der Waals surface area (Å²) in [6.07, 6.45) is 2.50. The Hall–Kier alpha value is -0.900. The molecule has 1 atom stereocenters. The molecule has 2 heterocycles. The van der Waals surface area contributed by atoms with E-state index in [4.69, 9.17) is 11.6 Å². The Morgan fingerprint density at radius 1 is 1.43 bits per heavy atom. The number of aliphatic hydroxyl groups is 1. The maximum absolute atomic E-state index is 9.96. The highest BCUT2D eigenvalue weighted by atomic mass is 35.5. The van der Waals surface area contributed by atoms with Crippen molar-refractivity contribution in [3.05, 3.63) is 51.4 Å². The number of halogens is 1. The van der Waals surface area contributed by atoms with Crippen molar-refractivity contribution < 1.29 is 5.11 Å². The standard InChI is InChI=1S/C10H8ClNOS/c11-9-5-12-3-1-8(9)10(13)7-2-4-14-6-7/h1-6,10,13H. The van der Waals surface area contributed by atoms with Crippen molar-refractivity contribution in [1.29, 1.82) is 0 Å². The fourth-order valence-electron chi connectivity index (χ4n) is 1.22. The molecule has 0 radical (unpaired) electrons. The molecule has 0 aromatic carbocycles. The van der Waals surface area contributed by atoms with E-state index in [-0.39, 0.29) is 0 Å². The first-order valence-corrected chi connectivity index (χ1v) is 5.40. The van der Waals surface area contributed by atoms with Gasteiger partial charge in [0.1, 0.15) is 6.10 Å². The van der Waals surface area contributed by atoms with Crippen LogP contribution in [0.25, 0.3) is 0 Å². The lowest BCUT2D eigenvalue weighted by Crippen LogP contribution is -1.98. The third-order valence-electron chi connectivity index (χ3n) is 1.96. The fourth-order valence-corrected chi connectivity index (χ4v) is 2.12. The summed E-state index contributed by atoms with van der Waals surface area (Å²) in [7, 11) is 0. The fraction of sp³-hybridized carbons (Fsp3) is 0.100. The Labute approximate surface area is 90.8 Å². The number of pyridine rings is 1. The van der Waals surface area contributed by atoms with Crippen molar-refractivity contribution in [3.63, 3.8) is 0 Å². The van der Waals surface area contributed by atoms with Crippen molar-refractivity contribution in [2.45, 2.75) is 6.10 Å². The number of hydrogen-bond acceptors (Lipinski definition) is 3. The highest BCUT2D eigenvalue weighted by Gasteiger charge is 2.13. The highest BCUT2D eigenvalue weighted by Crippen LogP contribution is 2.28. The topological polar surface area (TPSA) is 33.1 Å². The zero-order chi connectivity index (χ0) is 9.97. The molecule has 0 aliphatic heterocycles. The molecule has 2 aromatic heterocycles. The molecule has 0 fully saturated rings. The molecule has 1 N–H and O–H groups in total. The summed E-state index contributed by atoms with van der Waals surface area (Å²) in [5.41, 5.74) is 1.56. The van der Waals surface area contributed by atoms with Gasteiger partial charge < -0.3 is 5.11 Å². The van der Waals surface area contributed by atoms with Gasteiger partial charge in [0, 0.05) is 18.0 Å². The van der Waals surface area contributed by atoms with Gasteiger partial charge in [0.15, 0.2) is 0 Å². The molecule has 72 valence electrons. The van der Waals surface area contributed by atoms with Crippen molar-refractivity contribution in [2.24, 2.45) is 0 Å². The van der Waals surface area contributed by atoms with E-state index < -0.39 is 6.10 Å². The number of aliphatic hydroxyl groups excluding tert-OH is 1. The summed E-state index contributed by atoms with van der Waals surface area (Å²) in [5.74, 6) is 0. The first-order valence-electron chi connectivity index (χ1n) is 4.08. The van der Waals surface area contributed by atoms with E-state index in [1.807, 2.05) is 16.8 Å². The lowest BCUT2D eigenvalue weighted by molar-refractivity contribution is 0.221. The molecule has 2 aromatic rings. The predicted octanol–water partition coefficient (Wildman–Crippen LogP) is 2.88. The van der Waals surface area contributed by atoms with E-state index >= 15 is 0 Å². The van der Waals surface area contributed by atoms with Gasteiger partial charge in [-0.25, -0.2) is 0 Å². The van der Waals surface area contributed by atoms with Crippen LogP contribution >= 0.6 is 22.9 Å². The molecule has 1 unspecified atom stereocenters. The highest BCUT2D eigenvalue weighted by molar-refractivity contribution is 7.07. The SMILES string of the molecule is OC(c1ccsc1)c1ccncc1Cl. The van der Waals surface area contributed by atoms with Crippen LogP contribution < -0.4 is 0 Å². The molecule has 2 rings (SSSR count). The summed E-state index contributed by atoms with van der Waals surface area (Å²) in [6.45, 7) is 0. The van der Waals surface area contributed by atoms with Crippen molar-refractivity contribution in [2.75, 3.05) is 0 Å². The molecule has 0 bridgehead atoms. The molecule has 4 heteroatoms. The average Bonchev–Trinajstić information content (AvgIpc) is 2.70. The average molecular weight is 226 g/mol. The molecule has 0 aliphatic rings. The Bertz CT molecular complexity index is 416. The smallest absolute Gasteiger partial charge is 0.106 e. The van der Waals surface area contributed by atoms with Crippen LogP contribution in [-0.4, -0.2) is 10.1 Å². The predicted molar refractivity (Wildman–Crippen MR) is 57.6 cm³/mol. The number of aromatic nitrogens is 1. The maximum Gasteiger partial charge on any atom is 0.106 e. The van der Waals surface area contributed by atoms with Gasteiger partial charge in [-0.3, -0.25) is 4.98 Å². The minimum Gasteiger partial charge on any atom is -0.384 e. The first-order chi connectivity index (χ1) is 6.79. The van der Waals surface area contributed by atoms with E-state index in [0.29, 0.717) is 10.6 Å². The van der Waals surface area contributed by atoms with E-state index in [1.165, 1.54) is 6.20 Å². The summed E-state index contributed by atoms with van der Waals surface area (Å²) >= 11 is 7.47. The summed E-state index contributed by atoms with van der Waals surface area (Å²) < 4.78 is 0. The Morgan fingerprint density at radius 2 is 2.29 bits per heavy atom. The van der Waals surface area contributed by atoms with Gasteiger partial charge in [0.25, 0.3) is 0 Å². The van der Waals surface area contributed by atoms with E-state index in [0.717, 1.165) is 5.56 Å². The van der Waals surface area contributed by atoms with Crippen molar-refractivity contribution in [3.8, 4) is 0 Å². The van der Waals surface area contributed by atoms with E-state index in [9.17, 15) is 5.11 Å². The van der Waals surface area contributed by atoms with Gasteiger partial charge in [0.2, 0.25) is 0 Å². The number of thiophene rings is 1. The van der Waals surface area contributed by atoms with Crippen LogP contribution in [0.4, 0.5) is 0 Å². The Balaban J connectivity index is 2.37. The molecule has 0 spiro atoms. The molecular formula is C10H8ClNOS. The largest absolute Gasteiger partial charge is 0.384 e. The monoisotopic (exact) mass is 225 g/mol. The molecule has 0 saturated heterocycles. The second kappa shape index (κ2) is 4.09. The number of rotatable bonds is 2. The van der Waals surface area contributed by atoms with Crippen LogP contribution in [0.5, 0.6) is 0 Å². The van der Waals surface area contributed by atoms with Crippen LogP contribution in [0, 0.1) is 0 Å². The first kappa shape index (κ1) is 9.65. The van der Waals surface area contributed by atoms with Crippen molar-refractivity contribution >= 4 is 22.9 Å². The molecular weight excluding hydrogens is 218 g/mol. The molecule has 0 saturated carbocycles. The Kier molecular flexibility index (Phi) is 2.82. The van der Waals surface area contributed by atoms with E-state index in [1.54, 1.807) is 23.6 Å². The van der Waals surface area contributed by atoms with Crippen LogP contribution in [-0.2, 0) is 0 Å². The zero-order valence-electron chi connectivity index (χ0n) is 7.22. The van der Waals surface area contributed by atoms with Crippen LogP contribution in [0.1, 0.15) is 17.2 Å². The van der Waals surface area contributed by atoms with Crippen LogP contribution in [0.2, 0.25) is 5.02 Å². The lowest BCUT2D eigenvalue weighted by Gasteiger charge is -2.10. The third-order valence-corrected chi connectivity index (χ3v) is 2.97. The van der Waals surface area contributed by atoms with Gasteiger partial charge in [-0.1, -0.05) is 11.6 Å². The minimum atomic E-state index is -0.656. The molecule has 0 aliphatic carbocycles. The Morgan fingerprint density at radius 3 is 2.93 bits per heavy atom. The van der Waals surface area contributed by atoms with Gasteiger partial charge in [0.05, 0.1) is 5.02 Å². The van der Waals surface area contributed by atoms with Gasteiger partial charge in [-0.15, -0.1) is 0 Å². The van der Waals surface area contributed by atoms with Gasteiger partial charge >= 0.3 is 0 Å². The second-order valence-electron chi connectivity index (χ2n) is 2.86. The summed E-state index contributed by atoms with van der Waals surface area (Å²) in [4.78, 5) is 3.87. The summed E-state index contributed by atoms with van der Waals surface area (Å²) in [5, 5.41) is 14.3. The minimum absolute atomic E-state index is 0.492. The third kappa shape index (κ3) is 1.80. The second-order valence-corrected chi connectivity index (χ2v) is 4.04. The molecule has 0 amide bonds.